The molecule has 0 aliphatic carbocycles. The van der Waals surface area contributed by atoms with Gasteiger partial charge >= 0.3 is 0 Å². The number of hydrogen-bond donors (Lipinski definition) is 3. The summed E-state index contributed by atoms with van der Waals surface area (Å²) < 4.78 is 7.06. The lowest BCUT2D eigenvalue weighted by molar-refractivity contribution is -0.129. The first kappa shape index (κ1) is 21.1. The predicted octanol–water partition coefficient (Wildman–Crippen LogP) is 2.94. The number of hydroxylamine groups is 1. The van der Waals surface area contributed by atoms with Gasteiger partial charge in [-0.15, -0.1) is 0 Å². The third kappa shape index (κ3) is 4.84. The number of methoxy groups -OCH3 is 1. The molecule has 0 aliphatic heterocycles. The number of amides is 2. The molecule has 1 heterocycles. The monoisotopic (exact) mass is 409 g/mol. The first-order valence-corrected chi connectivity index (χ1v) is 9.54. The van der Waals surface area contributed by atoms with Crippen LogP contribution in [0.15, 0.2) is 59.5 Å². The number of benzene rings is 2. The predicted molar refractivity (Wildman–Crippen MR) is 113 cm³/mol. The Morgan fingerprint density at radius 1 is 1.10 bits per heavy atom. The van der Waals surface area contributed by atoms with E-state index in [0.29, 0.717) is 41.7 Å². The van der Waals surface area contributed by atoms with Crippen LogP contribution in [0, 0.1) is 0 Å². The number of rotatable bonds is 8. The summed E-state index contributed by atoms with van der Waals surface area (Å²) in [7, 11) is 1.51. The highest BCUT2D eigenvalue weighted by molar-refractivity contribution is 6.05. The second kappa shape index (κ2) is 9.71. The lowest BCUT2D eigenvalue weighted by Gasteiger charge is -2.14. The molecule has 0 saturated carbocycles. The van der Waals surface area contributed by atoms with Gasteiger partial charge in [-0.2, -0.15) is 0 Å². The molecule has 8 nitrogen and oxygen atoms in total. The zero-order valence-electron chi connectivity index (χ0n) is 16.6. The van der Waals surface area contributed by atoms with Crippen LogP contribution in [0.25, 0.3) is 10.9 Å². The number of nitrogens with zero attached hydrogens (tertiary/aromatic N) is 1. The van der Waals surface area contributed by atoms with Gasteiger partial charge < -0.3 is 14.6 Å². The van der Waals surface area contributed by atoms with Crippen LogP contribution in [-0.2, 0) is 11.3 Å². The largest absolute Gasteiger partial charge is 0.497 e. The molecule has 0 atom stereocenters. The standard InChI is InChI=1S/C22H23N3O5/c1-30-16-10-11-19-17(13-16)21(27)18(22(28)23-15-7-3-2-4-8-15)14-25(19)12-6-5-9-20(26)24-29/h2-4,7-8,10-11,13-14,29H,5-6,9,12H2,1H3,(H,23,28)(H,24,26). The van der Waals surface area contributed by atoms with Crippen LogP contribution < -0.4 is 21.0 Å². The van der Waals surface area contributed by atoms with Crippen molar-refractivity contribution in [1.82, 2.24) is 10.0 Å². The van der Waals surface area contributed by atoms with Gasteiger partial charge in [-0.3, -0.25) is 19.6 Å². The van der Waals surface area contributed by atoms with E-state index < -0.39 is 11.8 Å². The van der Waals surface area contributed by atoms with E-state index in [1.807, 2.05) is 10.6 Å². The van der Waals surface area contributed by atoms with Gasteiger partial charge in [0.15, 0.2) is 0 Å². The van der Waals surface area contributed by atoms with E-state index in [-0.39, 0.29) is 17.4 Å². The summed E-state index contributed by atoms with van der Waals surface area (Å²) in [5.41, 5.74) is 2.51. The van der Waals surface area contributed by atoms with Gasteiger partial charge in [0.2, 0.25) is 11.3 Å². The van der Waals surface area contributed by atoms with Gasteiger partial charge in [-0.1, -0.05) is 18.2 Å². The van der Waals surface area contributed by atoms with E-state index >= 15 is 0 Å². The fourth-order valence-electron chi connectivity index (χ4n) is 3.19. The van der Waals surface area contributed by atoms with E-state index in [2.05, 4.69) is 5.32 Å². The Morgan fingerprint density at radius 3 is 2.57 bits per heavy atom. The SMILES string of the molecule is COc1ccc2c(c1)c(=O)c(C(=O)Nc1ccccc1)cn2CCCCC(=O)NO. The van der Waals surface area contributed by atoms with E-state index in [1.54, 1.807) is 54.1 Å². The third-order valence-corrected chi connectivity index (χ3v) is 4.74. The van der Waals surface area contributed by atoms with Crippen molar-refractivity contribution in [3.05, 3.63) is 70.5 Å². The maximum atomic E-state index is 13.0. The fourth-order valence-corrected chi connectivity index (χ4v) is 3.19. The van der Waals surface area contributed by atoms with Crippen LogP contribution in [0.1, 0.15) is 29.6 Å². The molecule has 0 radical (unpaired) electrons. The maximum absolute atomic E-state index is 13.0. The van der Waals surface area contributed by atoms with Crippen molar-refractivity contribution in [3.8, 4) is 5.75 Å². The fraction of sp³-hybridized carbons (Fsp3) is 0.227. The van der Waals surface area contributed by atoms with Crippen molar-refractivity contribution in [3.63, 3.8) is 0 Å². The molecule has 30 heavy (non-hydrogen) atoms. The summed E-state index contributed by atoms with van der Waals surface area (Å²) >= 11 is 0. The van der Waals surface area contributed by atoms with Crippen molar-refractivity contribution in [2.45, 2.75) is 25.8 Å². The van der Waals surface area contributed by atoms with Crippen molar-refractivity contribution in [2.24, 2.45) is 0 Å². The summed E-state index contributed by atoms with van der Waals surface area (Å²) in [6, 6.07) is 14.0. The molecule has 2 aromatic carbocycles. The van der Waals surface area contributed by atoms with Crippen LogP contribution in [0.3, 0.4) is 0 Å². The number of anilines is 1. The molecule has 0 saturated heterocycles. The summed E-state index contributed by atoms with van der Waals surface area (Å²) in [4.78, 5) is 37.0. The smallest absolute Gasteiger partial charge is 0.261 e. The molecular weight excluding hydrogens is 386 g/mol. The number of carbonyl (C=O) groups is 2. The normalized spacial score (nSPS) is 10.6. The van der Waals surface area contributed by atoms with Crippen LogP contribution in [0.2, 0.25) is 0 Å². The molecule has 3 N–H and O–H groups in total. The van der Waals surface area contributed by atoms with Crippen molar-refractivity contribution in [2.75, 3.05) is 12.4 Å². The van der Waals surface area contributed by atoms with Gasteiger partial charge in [0.1, 0.15) is 11.3 Å². The lowest BCUT2D eigenvalue weighted by Crippen LogP contribution is -2.24. The van der Waals surface area contributed by atoms with Crippen LogP contribution in [0.5, 0.6) is 5.75 Å². The maximum Gasteiger partial charge on any atom is 0.261 e. The zero-order chi connectivity index (χ0) is 21.5. The summed E-state index contributed by atoms with van der Waals surface area (Å²) in [6.07, 6.45) is 2.89. The Morgan fingerprint density at radius 2 is 1.87 bits per heavy atom. The number of pyridine rings is 1. The highest BCUT2D eigenvalue weighted by Gasteiger charge is 2.16. The quantitative estimate of drug-likeness (QED) is 0.301. The molecule has 0 bridgehead atoms. The summed E-state index contributed by atoms with van der Waals surface area (Å²) in [5.74, 6) is -0.428. The molecule has 0 unspecified atom stereocenters. The molecule has 8 heteroatoms. The Kier molecular flexibility index (Phi) is 6.82. The second-order valence-electron chi connectivity index (χ2n) is 6.76. The topological polar surface area (TPSA) is 110 Å². The van der Waals surface area contributed by atoms with Crippen molar-refractivity contribution < 1.29 is 19.5 Å². The summed E-state index contributed by atoms with van der Waals surface area (Å²) in [5, 5.41) is 11.7. The highest BCUT2D eigenvalue weighted by atomic mass is 16.5. The number of hydrogen-bond acceptors (Lipinski definition) is 5. The number of aromatic nitrogens is 1. The Labute approximate surface area is 173 Å². The molecular formula is C22H23N3O5. The number of ether oxygens (including phenoxy) is 1. The number of nitrogens with one attached hydrogen (secondary N) is 2. The van der Waals surface area contributed by atoms with E-state index in [9.17, 15) is 14.4 Å². The molecule has 0 fully saturated rings. The number of para-hydroxylation sites is 1. The third-order valence-electron chi connectivity index (χ3n) is 4.74. The number of fused-ring (bicyclic) bond motifs is 1. The minimum atomic E-state index is -0.496. The second-order valence-corrected chi connectivity index (χ2v) is 6.76. The number of unbranched alkanes of at least 4 members (excludes halogenated alkanes) is 1. The Hall–Kier alpha value is -3.65. The average Bonchev–Trinajstić information content (AvgIpc) is 2.78. The number of aryl methyl sites for hydroxylation is 1. The highest BCUT2D eigenvalue weighted by Crippen LogP contribution is 2.20. The van der Waals surface area contributed by atoms with Crippen LogP contribution in [0.4, 0.5) is 5.69 Å². The Bertz CT molecular complexity index is 1110. The molecule has 156 valence electrons. The van der Waals surface area contributed by atoms with Gasteiger partial charge in [0.25, 0.3) is 5.91 Å². The molecule has 1 aromatic heterocycles. The zero-order valence-corrected chi connectivity index (χ0v) is 16.6. The Balaban J connectivity index is 1.95. The minimum absolute atomic E-state index is 0.0210. The van der Waals surface area contributed by atoms with Gasteiger partial charge in [-0.05, 0) is 43.2 Å². The van der Waals surface area contributed by atoms with Gasteiger partial charge in [0, 0.05) is 24.8 Å². The molecule has 3 aromatic rings. The van der Waals surface area contributed by atoms with Crippen molar-refractivity contribution in [1.29, 1.82) is 0 Å². The van der Waals surface area contributed by atoms with E-state index in [1.165, 1.54) is 7.11 Å². The average molecular weight is 409 g/mol. The molecule has 3 rings (SSSR count). The van der Waals surface area contributed by atoms with Crippen LogP contribution in [-0.4, -0.2) is 28.7 Å². The van der Waals surface area contributed by atoms with Gasteiger partial charge in [0.05, 0.1) is 18.0 Å². The van der Waals surface area contributed by atoms with Crippen molar-refractivity contribution >= 4 is 28.4 Å². The first-order chi connectivity index (χ1) is 14.5. The lowest BCUT2D eigenvalue weighted by atomic mass is 10.1. The van der Waals surface area contributed by atoms with Gasteiger partial charge in [-0.25, -0.2) is 5.48 Å². The first-order valence-electron chi connectivity index (χ1n) is 9.54. The molecule has 0 spiro atoms. The molecule has 2 amide bonds. The van der Waals surface area contributed by atoms with E-state index in [4.69, 9.17) is 9.94 Å². The van der Waals surface area contributed by atoms with E-state index in [0.717, 1.165) is 0 Å². The van der Waals surface area contributed by atoms with Crippen LogP contribution >= 0.6 is 0 Å². The minimum Gasteiger partial charge on any atom is -0.497 e. The summed E-state index contributed by atoms with van der Waals surface area (Å²) in [6.45, 7) is 0.493. The number of carbonyl (C=O) groups excluding carboxylic acids is 2. The molecule has 0 aliphatic rings.